The van der Waals surface area contributed by atoms with Gasteiger partial charge < -0.3 is 14.2 Å². The van der Waals surface area contributed by atoms with Gasteiger partial charge in [-0.2, -0.15) is 0 Å². The predicted octanol–water partition coefficient (Wildman–Crippen LogP) is 2.68. The van der Waals surface area contributed by atoms with Crippen molar-refractivity contribution in [2.75, 3.05) is 14.2 Å². The highest BCUT2D eigenvalue weighted by Gasteiger charge is 2.20. The van der Waals surface area contributed by atoms with Crippen LogP contribution in [0, 0.1) is 0 Å². The third-order valence-electron chi connectivity index (χ3n) is 2.56. The van der Waals surface area contributed by atoms with Gasteiger partial charge in [0, 0.05) is 6.08 Å². The maximum atomic E-state index is 11.4. The summed E-state index contributed by atoms with van der Waals surface area (Å²) in [6.45, 7) is 0. The van der Waals surface area contributed by atoms with Crippen molar-refractivity contribution in [2.24, 2.45) is 0 Å². The summed E-state index contributed by atoms with van der Waals surface area (Å²) in [5.41, 5.74) is 1.44. The molecular formula is C15H14O4. The zero-order valence-corrected chi connectivity index (χ0v) is 10.8. The molecule has 0 amide bonds. The fraction of sp³-hybridized carbons (Fsp3) is 0.133. The fourth-order valence-corrected chi connectivity index (χ4v) is 1.59. The summed E-state index contributed by atoms with van der Waals surface area (Å²) in [5, 5.41) is 0. The van der Waals surface area contributed by atoms with Gasteiger partial charge in [0.2, 0.25) is 0 Å². The van der Waals surface area contributed by atoms with E-state index in [2.05, 4.69) is 0 Å². The maximum absolute atomic E-state index is 11.4. The van der Waals surface area contributed by atoms with Crippen molar-refractivity contribution < 1.29 is 19.0 Å². The Morgan fingerprint density at radius 1 is 1.21 bits per heavy atom. The van der Waals surface area contributed by atoms with Gasteiger partial charge in [-0.05, 0) is 23.8 Å². The Balaban J connectivity index is 2.11. The molecule has 0 radical (unpaired) electrons. The number of methoxy groups -OCH3 is 2. The van der Waals surface area contributed by atoms with Crippen molar-refractivity contribution >= 4 is 12.0 Å². The molecule has 0 unspecified atom stereocenters. The SMILES string of the molecule is COC1=C/C(=C\C=C\c2cccc(OC)c2)C(=O)O1. The average Bonchev–Trinajstić information content (AvgIpc) is 2.80. The molecule has 1 aliphatic heterocycles. The second-order valence-corrected chi connectivity index (χ2v) is 3.81. The standard InChI is InChI=1S/C15H14O4/c1-17-13-8-4-6-11(9-13)5-3-7-12-10-14(18-2)19-15(12)16/h3-10H,1-2H3/b5-3+,12-7+. The number of rotatable bonds is 4. The molecule has 1 heterocycles. The van der Waals surface area contributed by atoms with E-state index in [4.69, 9.17) is 14.2 Å². The molecule has 0 bridgehead atoms. The lowest BCUT2D eigenvalue weighted by atomic mass is 10.2. The first-order valence-corrected chi connectivity index (χ1v) is 5.73. The Morgan fingerprint density at radius 3 is 2.74 bits per heavy atom. The van der Waals surface area contributed by atoms with Crippen LogP contribution in [0.3, 0.4) is 0 Å². The van der Waals surface area contributed by atoms with E-state index < -0.39 is 5.97 Å². The van der Waals surface area contributed by atoms with Crippen LogP contribution in [-0.4, -0.2) is 20.2 Å². The van der Waals surface area contributed by atoms with E-state index in [1.807, 2.05) is 30.3 Å². The van der Waals surface area contributed by atoms with Crippen LogP contribution in [0.4, 0.5) is 0 Å². The molecular weight excluding hydrogens is 244 g/mol. The third-order valence-corrected chi connectivity index (χ3v) is 2.56. The number of ether oxygens (including phenoxy) is 3. The Hall–Kier alpha value is -2.49. The number of hydrogen-bond donors (Lipinski definition) is 0. The fourth-order valence-electron chi connectivity index (χ4n) is 1.59. The molecule has 0 fully saturated rings. The van der Waals surface area contributed by atoms with E-state index >= 15 is 0 Å². The van der Waals surface area contributed by atoms with E-state index in [1.165, 1.54) is 7.11 Å². The summed E-state index contributed by atoms with van der Waals surface area (Å²) in [5.74, 6) is 0.592. The van der Waals surface area contributed by atoms with Crippen molar-refractivity contribution in [1.82, 2.24) is 0 Å². The summed E-state index contributed by atoms with van der Waals surface area (Å²) in [6, 6.07) is 7.62. The number of hydrogen-bond acceptors (Lipinski definition) is 4. The lowest BCUT2D eigenvalue weighted by molar-refractivity contribution is -0.137. The largest absolute Gasteiger partial charge is 0.497 e. The van der Waals surface area contributed by atoms with E-state index in [0.29, 0.717) is 5.57 Å². The molecule has 98 valence electrons. The molecule has 4 heteroatoms. The van der Waals surface area contributed by atoms with E-state index in [1.54, 1.807) is 25.3 Å². The molecule has 1 aliphatic rings. The van der Waals surface area contributed by atoms with Gasteiger partial charge in [-0.15, -0.1) is 0 Å². The first-order valence-electron chi connectivity index (χ1n) is 5.73. The number of carbonyl (C=O) groups is 1. The van der Waals surface area contributed by atoms with Gasteiger partial charge in [0.15, 0.2) is 0 Å². The Morgan fingerprint density at radius 2 is 2.05 bits per heavy atom. The highest BCUT2D eigenvalue weighted by atomic mass is 16.7. The van der Waals surface area contributed by atoms with Crippen molar-refractivity contribution in [3.63, 3.8) is 0 Å². The van der Waals surface area contributed by atoms with Gasteiger partial charge in [0.05, 0.1) is 19.8 Å². The minimum atomic E-state index is -0.410. The Labute approximate surface area is 111 Å². The van der Waals surface area contributed by atoms with E-state index in [9.17, 15) is 4.79 Å². The molecule has 1 aromatic rings. The molecule has 2 rings (SSSR count). The number of benzene rings is 1. The summed E-state index contributed by atoms with van der Waals surface area (Å²) in [6.07, 6.45) is 6.88. The zero-order valence-electron chi connectivity index (χ0n) is 10.8. The predicted molar refractivity (Wildman–Crippen MR) is 71.3 cm³/mol. The minimum absolute atomic E-state index is 0.214. The van der Waals surface area contributed by atoms with Gasteiger partial charge in [0.25, 0.3) is 5.95 Å². The van der Waals surface area contributed by atoms with Crippen molar-refractivity contribution in [2.45, 2.75) is 0 Å². The van der Waals surface area contributed by atoms with Crippen molar-refractivity contribution in [3.8, 4) is 5.75 Å². The molecule has 0 spiro atoms. The van der Waals surface area contributed by atoms with Gasteiger partial charge in [-0.3, -0.25) is 0 Å². The van der Waals surface area contributed by atoms with Gasteiger partial charge >= 0.3 is 5.97 Å². The van der Waals surface area contributed by atoms with Crippen LogP contribution in [0.25, 0.3) is 6.08 Å². The van der Waals surface area contributed by atoms with E-state index in [0.717, 1.165) is 11.3 Å². The Bertz CT molecular complexity index is 567. The summed E-state index contributed by atoms with van der Waals surface area (Å²) >= 11 is 0. The monoisotopic (exact) mass is 258 g/mol. The lowest BCUT2D eigenvalue weighted by Gasteiger charge is -1.99. The van der Waals surface area contributed by atoms with Crippen LogP contribution in [0.5, 0.6) is 5.75 Å². The molecule has 1 aromatic carbocycles. The highest BCUT2D eigenvalue weighted by molar-refractivity contribution is 5.95. The maximum Gasteiger partial charge on any atom is 0.346 e. The van der Waals surface area contributed by atoms with Crippen molar-refractivity contribution in [3.05, 3.63) is 59.6 Å². The second-order valence-electron chi connectivity index (χ2n) is 3.81. The first-order chi connectivity index (χ1) is 9.22. The van der Waals surface area contributed by atoms with Crippen LogP contribution in [0.1, 0.15) is 5.56 Å². The molecule has 0 N–H and O–H groups in total. The number of carbonyl (C=O) groups excluding carboxylic acids is 1. The number of esters is 1. The minimum Gasteiger partial charge on any atom is -0.497 e. The molecule has 0 aliphatic carbocycles. The van der Waals surface area contributed by atoms with Crippen LogP contribution >= 0.6 is 0 Å². The molecule has 4 nitrogen and oxygen atoms in total. The average molecular weight is 258 g/mol. The van der Waals surface area contributed by atoms with Crippen LogP contribution < -0.4 is 4.74 Å². The summed E-state index contributed by atoms with van der Waals surface area (Å²) in [7, 11) is 3.07. The van der Waals surface area contributed by atoms with Crippen LogP contribution in [0.15, 0.2) is 54.0 Å². The summed E-state index contributed by atoms with van der Waals surface area (Å²) < 4.78 is 14.8. The first kappa shape index (κ1) is 13.0. The van der Waals surface area contributed by atoms with E-state index in [-0.39, 0.29) is 5.95 Å². The van der Waals surface area contributed by atoms with Crippen molar-refractivity contribution in [1.29, 1.82) is 0 Å². The number of allylic oxidation sites excluding steroid dienone is 2. The molecule has 0 saturated heterocycles. The second kappa shape index (κ2) is 5.91. The number of cyclic esters (lactones) is 1. The molecule has 19 heavy (non-hydrogen) atoms. The van der Waals surface area contributed by atoms with Crippen LogP contribution in [0.2, 0.25) is 0 Å². The topological polar surface area (TPSA) is 44.8 Å². The van der Waals surface area contributed by atoms with Gasteiger partial charge in [-0.1, -0.05) is 24.3 Å². The Kier molecular flexibility index (Phi) is 4.03. The quantitative estimate of drug-likeness (QED) is 0.615. The van der Waals surface area contributed by atoms with Crippen LogP contribution in [-0.2, 0) is 14.3 Å². The lowest BCUT2D eigenvalue weighted by Crippen LogP contribution is -1.97. The molecule has 0 atom stereocenters. The summed E-state index contributed by atoms with van der Waals surface area (Å²) in [4.78, 5) is 11.4. The highest BCUT2D eigenvalue weighted by Crippen LogP contribution is 2.18. The molecule has 0 saturated carbocycles. The zero-order chi connectivity index (χ0) is 13.7. The van der Waals surface area contributed by atoms with Gasteiger partial charge in [-0.25, -0.2) is 4.79 Å². The molecule has 0 aromatic heterocycles. The normalized spacial score (nSPS) is 16.6. The smallest absolute Gasteiger partial charge is 0.346 e. The van der Waals surface area contributed by atoms with Gasteiger partial charge in [0.1, 0.15) is 5.75 Å². The third kappa shape index (κ3) is 3.25.